The number of hydrogen-bond acceptors (Lipinski definition) is 4. The smallest absolute Gasteiger partial charge is 0.244 e. The van der Waals surface area contributed by atoms with Crippen LogP contribution < -0.4 is 14.8 Å². The first kappa shape index (κ1) is 22.4. The number of benzene rings is 2. The molecule has 2 aromatic carbocycles. The van der Waals surface area contributed by atoms with Crippen molar-refractivity contribution < 1.29 is 14.3 Å². The van der Waals surface area contributed by atoms with Crippen LogP contribution in [0.5, 0.6) is 11.5 Å². The highest BCUT2D eigenvalue weighted by atomic mass is 16.5. The third kappa shape index (κ3) is 6.88. The zero-order valence-corrected chi connectivity index (χ0v) is 18.3. The SMILES string of the molecule is CCCCCCOc1ccc(/C=C/C(=O)NCCc2nc3ccccc3[nH]2)cc1OC. The average Bonchev–Trinajstić information content (AvgIpc) is 3.20. The molecule has 0 atom stereocenters. The van der Waals surface area contributed by atoms with Crippen molar-refractivity contribution in [2.45, 2.75) is 39.0 Å². The molecular weight excluding hydrogens is 390 g/mol. The van der Waals surface area contributed by atoms with Crippen LogP contribution in [0.4, 0.5) is 0 Å². The minimum absolute atomic E-state index is 0.147. The number of carbonyl (C=O) groups excluding carboxylic acids is 1. The number of H-pyrrole nitrogens is 1. The van der Waals surface area contributed by atoms with E-state index in [0.29, 0.717) is 25.3 Å². The summed E-state index contributed by atoms with van der Waals surface area (Å²) in [4.78, 5) is 19.9. The van der Waals surface area contributed by atoms with Gasteiger partial charge in [-0.3, -0.25) is 4.79 Å². The maximum absolute atomic E-state index is 12.1. The standard InChI is InChI=1S/C25H31N3O3/c1-3-4-5-8-17-31-22-13-11-19(18-23(22)30-2)12-14-25(29)26-16-15-24-27-20-9-6-7-10-21(20)28-24/h6-7,9-14,18H,3-5,8,15-17H2,1-2H3,(H,26,29)(H,27,28)/b14-12+. The van der Waals surface area contributed by atoms with Crippen LogP contribution in [0.3, 0.4) is 0 Å². The molecule has 0 bridgehead atoms. The third-order valence-electron chi connectivity index (χ3n) is 4.97. The van der Waals surface area contributed by atoms with Crippen LogP contribution in [0.1, 0.15) is 44.0 Å². The van der Waals surface area contributed by atoms with E-state index >= 15 is 0 Å². The van der Waals surface area contributed by atoms with Crippen LogP contribution in [-0.2, 0) is 11.2 Å². The Bertz CT molecular complexity index is 977. The first-order valence-corrected chi connectivity index (χ1v) is 10.9. The van der Waals surface area contributed by atoms with Crippen molar-refractivity contribution in [2.75, 3.05) is 20.3 Å². The van der Waals surface area contributed by atoms with Crippen LogP contribution in [0.15, 0.2) is 48.5 Å². The number of nitrogens with zero attached hydrogens (tertiary/aromatic N) is 1. The Morgan fingerprint density at radius 3 is 2.81 bits per heavy atom. The van der Waals surface area contributed by atoms with Gasteiger partial charge in [-0.05, 0) is 42.3 Å². The van der Waals surface area contributed by atoms with E-state index in [4.69, 9.17) is 9.47 Å². The molecule has 0 saturated carbocycles. The number of imidazole rings is 1. The number of amides is 1. The molecule has 31 heavy (non-hydrogen) atoms. The highest BCUT2D eigenvalue weighted by molar-refractivity contribution is 5.91. The maximum Gasteiger partial charge on any atom is 0.244 e. The van der Waals surface area contributed by atoms with E-state index in [9.17, 15) is 4.79 Å². The molecule has 0 unspecified atom stereocenters. The molecular formula is C25H31N3O3. The topological polar surface area (TPSA) is 76.2 Å². The number of ether oxygens (including phenoxy) is 2. The van der Waals surface area contributed by atoms with Crippen molar-refractivity contribution in [3.8, 4) is 11.5 Å². The lowest BCUT2D eigenvalue weighted by atomic mass is 10.2. The number of para-hydroxylation sites is 2. The Kier molecular flexibility index (Phi) is 8.52. The lowest BCUT2D eigenvalue weighted by Gasteiger charge is -2.11. The first-order chi connectivity index (χ1) is 15.2. The quantitative estimate of drug-likeness (QED) is 0.322. The fourth-order valence-corrected chi connectivity index (χ4v) is 3.28. The zero-order valence-electron chi connectivity index (χ0n) is 18.3. The number of nitrogens with one attached hydrogen (secondary N) is 2. The second-order valence-corrected chi connectivity index (χ2v) is 7.39. The van der Waals surface area contributed by atoms with Gasteiger partial charge < -0.3 is 19.8 Å². The largest absolute Gasteiger partial charge is 0.493 e. The summed E-state index contributed by atoms with van der Waals surface area (Å²) in [6.45, 7) is 3.38. The second-order valence-electron chi connectivity index (χ2n) is 7.39. The number of methoxy groups -OCH3 is 1. The van der Waals surface area contributed by atoms with Crippen molar-refractivity contribution in [1.29, 1.82) is 0 Å². The van der Waals surface area contributed by atoms with Gasteiger partial charge in [0.25, 0.3) is 0 Å². The van der Waals surface area contributed by atoms with Crippen molar-refractivity contribution >= 4 is 23.0 Å². The number of aromatic amines is 1. The molecule has 3 rings (SSSR count). The molecule has 1 aromatic heterocycles. The molecule has 1 amide bonds. The van der Waals surface area contributed by atoms with Gasteiger partial charge in [0.05, 0.1) is 24.8 Å². The van der Waals surface area contributed by atoms with Crippen molar-refractivity contribution in [2.24, 2.45) is 0 Å². The molecule has 0 aliphatic heterocycles. The Labute approximate surface area is 183 Å². The van der Waals surface area contributed by atoms with Gasteiger partial charge in [0.2, 0.25) is 5.91 Å². The third-order valence-corrected chi connectivity index (χ3v) is 4.97. The summed E-state index contributed by atoms with van der Waals surface area (Å²) in [5.74, 6) is 2.11. The van der Waals surface area contributed by atoms with Crippen LogP contribution >= 0.6 is 0 Å². The maximum atomic E-state index is 12.1. The number of unbranched alkanes of at least 4 members (excludes halogenated alkanes) is 3. The summed E-state index contributed by atoms with van der Waals surface area (Å²) in [5.41, 5.74) is 2.82. The Morgan fingerprint density at radius 1 is 1.13 bits per heavy atom. The van der Waals surface area contributed by atoms with Gasteiger partial charge in [0.15, 0.2) is 11.5 Å². The molecule has 3 aromatic rings. The Balaban J connectivity index is 1.46. The predicted octanol–water partition coefficient (Wildman–Crippen LogP) is 4.90. The molecule has 6 nitrogen and oxygen atoms in total. The summed E-state index contributed by atoms with van der Waals surface area (Å²) >= 11 is 0. The normalized spacial score (nSPS) is 11.2. The average molecular weight is 422 g/mol. The highest BCUT2D eigenvalue weighted by Crippen LogP contribution is 2.28. The molecule has 0 radical (unpaired) electrons. The van der Waals surface area contributed by atoms with Crippen LogP contribution in [-0.4, -0.2) is 36.1 Å². The molecule has 1 heterocycles. The van der Waals surface area contributed by atoms with Gasteiger partial charge in [-0.2, -0.15) is 0 Å². The van der Waals surface area contributed by atoms with Gasteiger partial charge in [0, 0.05) is 19.0 Å². The van der Waals surface area contributed by atoms with Gasteiger partial charge in [-0.15, -0.1) is 0 Å². The van der Waals surface area contributed by atoms with Gasteiger partial charge >= 0.3 is 0 Å². The lowest BCUT2D eigenvalue weighted by molar-refractivity contribution is -0.116. The summed E-state index contributed by atoms with van der Waals surface area (Å²) in [7, 11) is 1.62. The molecule has 0 aliphatic carbocycles. The summed E-state index contributed by atoms with van der Waals surface area (Å²) in [6, 6.07) is 13.6. The molecule has 0 aliphatic rings. The van der Waals surface area contributed by atoms with Crippen LogP contribution in [0.2, 0.25) is 0 Å². The fourth-order valence-electron chi connectivity index (χ4n) is 3.28. The number of fused-ring (bicyclic) bond motifs is 1. The summed E-state index contributed by atoms with van der Waals surface area (Å²) < 4.78 is 11.3. The molecule has 0 spiro atoms. The van der Waals surface area contributed by atoms with E-state index in [-0.39, 0.29) is 5.91 Å². The van der Waals surface area contributed by atoms with Gasteiger partial charge in [0.1, 0.15) is 5.82 Å². The van der Waals surface area contributed by atoms with Crippen molar-refractivity contribution in [3.63, 3.8) is 0 Å². The number of rotatable bonds is 12. The fraction of sp³-hybridized carbons (Fsp3) is 0.360. The van der Waals surface area contributed by atoms with E-state index in [1.807, 2.05) is 42.5 Å². The first-order valence-electron chi connectivity index (χ1n) is 10.9. The predicted molar refractivity (Wildman–Crippen MR) is 124 cm³/mol. The lowest BCUT2D eigenvalue weighted by Crippen LogP contribution is -2.23. The zero-order chi connectivity index (χ0) is 21.9. The minimum Gasteiger partial charge on any atom is -0.493 e. The minimum atomic E-state index is -0.147. The molecule has 0 saturated heterocycles. The van der Waals surface area contributed by atoms with E-state index in [1.165, 1.54) is 25.3 Å². The monoisotopic (exact) mass is 421 g/mol. The van der Waals surface area contributed by atoms with Crippen LogP contribution in [0.25, 0.3) is 17.1 Å². The summed E-state index contributed by atoms with van der Waals surface area (Å²) in [5, 5.41) is 2.89. The molecule has 0 fully saturated rings. The van der Waals surface area contributed by atoms with Crippen molar-refractivity contribution in [3.05, 3.63) is 59.9 Å². The van der Waals surface area contributed by atoms with E-state index in [0.717, 1.165) is 34.6 Å². The molecule has 164 valence electrons. The van der Waals surface area contributed by atoms with E-state index in [1.54, 1.807) is 13.2 Å². The van der Waals surface area contributed by atoms with Gasteiger partial charge in [-0.1, -0.05) is 44.4 Å². The van der Waals surface area contributed by atoms with E-state index < -0.39 is 0 Å². The second kappa shape index (κ2) is 11.8. The highest BCUT2D eigenvalue weighted by Gasteiger charge is 2.06. The van der Waals surface area contributed by atoms with Crippen LogP contribution in [0, 0.1) is 0 Å². The Hall–Kier alpha value is -3.28. The number of aromatic nitrogens is 2. The summed E-state index contributed by atoms with van der Waals surface area (Å²) in [6.07, 6.45) is 8.58. The number of hydrogen-bond donors (Lipinski definition) is 2. The Morgan fingerprint density at radius 2 is 2.00 bits per heavy atom. The van der Waals surface area contributed by atoms with E-state index in [2.05, 4.69) is 22.2 Å². The molecule has 2 N–H and O–H groups in total. The molecule has 6 heteroatoms. The van der Waals surface area contributed by atoms with Crippen molar-refractivity contribution in [1.82, 2.24) is 15.3 Å². The van der Waals surface area contributed by atoms with Gasteiger partial charge in [-0.25, -0.2) is 4.98 Å². The number of carbonyl (C=O) groups is 1.